The molecule has 0 radical (unpaired) electrons. The molecule has 12 heavy (non-hydrogen) atoms. The van der Waals surface area contributed by atoms with Gasteiger partial charge in [0.2, 0.25) is 5.91 Å². The number of carbonyl (C=O) groups is 1. The number of thioether (sulfide) groups is 1. The van der Waals surface area contributed by atoms with Crippen LogP contribution in [0.5, 0.6) is 0 Å². The lowest BCUT2D eigenvalue weighted by atomic mass is 10.0. The summed E-state index contributed by atoms with van der Waals surface area (Å²) in [5, 5.41) is 0. The van der Waals surface area contributed by atoms with Crippen molar-refractivity contribution in [2.24, 2.45) is 5.73 Å². The van der Waals surface area contributed by atoms with Crippen LogP contribution in [-0.4, -0.2) is 41.9 Å². The maximum Gasteiger partial charge on any atom is 0.240 e. The van der Waals surface area contributed by atoms with Gasteiger partial charge in [-0.1, -0.05) is 0 Å². The first-order valence-corrected chi connectivity index (χ1v) is 5.07. The summed E-state index contributed by atoms with van der Waals surface area (Å²) in [5.41, 5.74) is 5.79. The van der Waals surface area contributed by atoms with Gasteiger partial charge in [0.1, 0.15) is 0 Å². The van der Waals surface area contributed by atoms with E-state index in [4.69, 9.17) is 5.73 Å². The van der Waals surface area contributed by atoms with Gasteiger partial charge in [-0.25, -0.2) is 0 Å². The molecule has 0 aromatic rings. The molecule has 72 valence electrons. The summed E-state index contributed by atoms with van der Waals surface area (Å²) >= 11 is 1.61. The van der Waals surface area contributed by atoms with Crippen LogP contribution in [0.4, 0.5) is 0 Å². The fourth-order valence-electron chi connectivity index (χ4n) is 0.702. The first-order valence-electron chi connectivity index (χ1n) is 3.85. The Morgan fingerprint density at radius 2 is 1.92 bits per heavy atom. The number of hydrogen-bond donors (Lipinski definition) is 1. The molecule has 0 spiro atoms. The number of nitrogens with two attached hydrogens (primary N) is 1. The lowest BCUT2D eigenvalue weighted by Crippen LogP contribution is -2.51. The summed E-state index contributed by atoms with van der Waals surface area (Å²) in [4.78, 5) is 13.0. The molecule has 0 rings (SSSR count). The number of likely N-dealkylation sites (N-methyl/N-ethyl adjacent to an activating group) is 1. The van der Waals surface area contributed by atoms with Gasteiger partial charge in [-0.2, -0.15) is 11.8 Å². The molecule has 2 N–H and O–H groups in total. The summed E-state index contributed by atoms with van der Waals surface area (Å²) in [6.07, 6.45) is 1.96. The summed E-state index contributed by atoms with van der Waals surface area (Å²) in [7, 11) is 3.44. The minimum Gasteiger partial charge on any atom is -0.347 e. The van der Waals surface area contributed by atoms with Crippen molar-refractivity contribution in [2.75, 3.05) is 20.4 Å². The second kappa shape index (κ2) is 4.14. The fraction of sp³-hybridized carbons (Fsp3) is 0.875. The fourth-order valence-corrected chi connectivity index (χ4v) is 1.06. The van der Waals surface area contributed by atoms with Crippen LogP contribution in [0.1, 0.15) is 13.8 Å². The van der Waals surface area contributed by atoms with Crippen LogP contribution < -0.4 is 5.73 Å². The molecule has 0 aliphatic rings. The van der Waals surface area contributed by atoms with Crippen LogP contribution in [0.3, 0.4) is 0 Å². The quantitative estimate of drug-likeness (QED) is 0.706. The first-order chi connectivity index (χ1) is 5.33. The monoisotopic (exact) mass is 190 g/mol. The average Bonchev–Trinajstić information content (AvgIpc) is 2.01. The molecular formula is C8H18N2OS. The molecule has 0 aliphatic carbocycles. The van der Waals surface area contributed by atoms with Crippen molar-refractivity contribution < 1.29 is 4.79 Å². The Balaban J connectivity index is 4.38. The Hall–Kier alpha value is -0.220. The van der Waals surface area contributed by atoms with Crippen LogP contribution in [0.25, 0.3) is 0 Å². The topological polar surface area (TPSA) is 46.3 Å². The summed E-state index contributed by atoms with van der Waals surface area (Å²) in [6, 6.07) is -0.428. The molecule has 1 atom stereocenters. The third-order valence-electron chi connectivity index (χ3n) is 1.98. The van der Waals surface area contributed by atoms with Crippen LogP contribution in [0.15, 0.2) is 0 Å². The minimum atomic E-state index is -0.428. The van der Waals surface area contributed by atoms with Gasteiger partial charge in [0.15, 0.2) is 0 Å². The van der Waals surface area contributed by atoms with Crippen molar-refractivity contribution in [2.45, 2.75) is 24.6 Å². The number of amides is 1. The molecule has 0 saturated carbocycles. The summed E-state index contributed by atoms with van der Waals surface area (Å²) in [5.74, 6) is -0.0191. The largest absolute Gasteiger partial charge is 0.347 e. The molecule has 0 aliphatic heterocycles. The van der Waals surface area contributed by atoms with E-state index in [1.54, 1.807) is 25.9 Å². The highest BCUT2D eigenvalue weighted by atomic mass is 32.2. The molecule has 3 nitrogen and oxygen atoms in total. The van der Waals surface area contributed by atoms with Gasteiger partial charge >= 0.3 is 0 Å². The van der Waals surface area contributed by atoms with Crippen molar-refractivity contribution in [1.82, 2.24) is 4.90 Å². The molecule has 0 fully saturated rings. The van der Waals surface area contributed by atoms with E-state index in [-0.39, 0.29) is 10.7 Å². The predicted molar refractivity (Wildman–Crippen MR) is 54.3 cm³/mol. The van der Waals surface area contributed by atoms with E-state index in [0.717, 1.165) is 0 Å². The van der Waals surface area contributed by atoms with Crippen molar-refractivity contribution >= 4 is 17.7 Å². The summed E-state index contributed by atoms with van der Waals surface area (Å²) in [6.45, 7) is 3.95. The Labute approximate surface area is 78.7 Å². The van der Waals surface area contributed by atoms with Crippen LogP contribution in [0.2, 0.25) is 0 Å². The first kappa shape index (κ1) is 11.8. The predicted octanol–water partition coefficient (Wildman–Crippen LogP) is 0.543. The Morgan fingerprint density at radius 3 is 2.17 bits per heavy atom. The zero-order valence-corrected chi connectivity index (χ0v) is 9.23. The number of rotatable bonds is 3. The zero-order valence-electron chi connectivity index (χ0n) is 8.42. The molecule has 0 aromatic heterocycles. The van der Waals surface area contributed by atoms with Crippen molar-refractivity contribution in [3.8, 4) is 0 Å². The van der Waals surface area contributed by atoms with E-state index in [1.807, 2.05) is 20.1 Å². The second-order valence-electron chi connectivity index (χ2n) is 3.52. The van der Waals surface area contributed by atoms with Crippen LogP contribution in [0, 0.1) is 0 Å². The number of hydrogen-bond acceptors (Lipinski definition) is 3. The number of nitrogens with zero attached hydrogens (tertiary/aromatic N) is 1. The Bertz CT molecular complexity index is 168. The van der Waals surface area contributed by atoms with Gasteiger partial charge in [0, 0.05) is 18.8 Å². The normalized spacial score (nSPS) is 14.2. The highest BCUT2D eigenvalue weighted by Gasteiger charge is 2.31. The minimum absolute atomic E-state index is 0.0191. The second-order valence-corrected chi connectivity index (χ2v) is 4.98. The highest BCUT2D eigenvalue weighted by Crippen LogP contribution is 2.24. The third kappa shape index (κ3) is 2.68. The van der Waals surface area contributed by atoms with Gasteiger partial charge in [0.05, 0.1) is 6.04 Å². The Kier molecular flexibility index (Phi) is 4.06. The van der Waals surface area contributed by atoms with Crippen molar-refractivity contribution in [3.05, 3.63) is 0 Å². The smallest absolute Gasteiger partial charge is 0.240 e. The molecule has 0 unspecified atom stereocenters. The molecule has 0 bridgehead atoms. The summed E-state index contributed by atoms with van der Waals surface area (Å²) < 4.78 is -0.193. The maximum atomic E-state index is 11.4. The maximum absolute atomic E-state index is 11.4. The average molecular weight is 190 g/mol. The van der Waals surface area contributed by atoms with E-state index in [2.05, 4.69) is 0 Å². The van der Waals surface area contributed by atoms with Gasteiger partial charge in [-0.15, -0.1) is 0 Å². The molecule has 4 heteroatoms. The standard InChI is InChI=1S/C8H18N2OS/c1-8(2,12-5)6(9)7(11)10(3)4/h6H,9H2,1-5H3/t6-/m1/s1. The molecule has 0 saturated heterocycles. The van der Waals surface area contributed by atoms with Crippen LogP contribution in [-0.2, 0) is 4.79 Å². The van der Waals surface area contributed by atoms with Crippen molar-refractivity contribution in [3.63, 3.8) is 0 Å². The molecular weight excluding hydrogens is 172 g/mol. The zero-order chi connectivity index (χ0) is 9.94. The van der Waals surface area contributed by atoms with E-state index >= 15 is 0 Å². The third-order valence-corrected chi connectivity index (χ3v) is 3.29. The molecule has 1 amide bonds. The highest BCUT2D eigenvalue weighted by molar-refractivity contribution is 8.00. The molecule has 0 heterocycles. The van der Waals surface area contributed by atoms with E-state index in [1.165, 1.54) is 4.90 Å². The molecule has 0 aromatic carbocycles. The van der Waals surface area contributed by atoms with Gasteiger partial charge in [-0.05, 0) is 20.1 Å². The van der Waals surface area contributed by atoms with Crippen LogP contribution >= 0.6 is 11.8 Å². The lowest BCUT2D eigenvalue weighted by Gasteiger charge is -2.30. The van der Waals surface area contributed by atoms with Gasteiger partial charge in [0.25, 0.3) is 0 Å². The van der Waals surface area contributed by atoms with E-state index in [0.29, 0.717) is 0 Å². The van der Waals surface area contributed by atoms with Gasteiger partial charge < -0.3 is 10.6 Å². The number of carbonyl (C=O) groups excluding carboxylic acids is 1. The lowest BCUT2D eigenvalue weighted by molar-refractivity contribution is -0.130. The van der Waals surface area contributed by atoms with E-state index in [9.17, 15) is 4.79 Å². The van der Waals surface area contributed by atoms with Crippen molar-refractivity contribution in [1.29, 1.82) is 0 Å². The van der Waals surface area contributed by atoms with Gasteiger partial charge in [-0.3, -0.25) is 4.79 Å². The SMILES string of the molecule is CSC(C)(C)[C@H](N)C(=O)N(C)C. The Morgan fingerprint density at radius 1 is 1.50 bits per heavy atom. The van der Waals surface area contributed by atoms with E-state index < -0.39 is 6.04 Å².